The van der Waals surface area contributed by atoms with Gasteiger partial charge in [0, 0.05) is 24.5 Å². The molecular formula is C20H22N6O2. The van der Waals surface area contributed by atoms with Crippen molar-refractivity contribution < 1.29 is 9.53 Å². The molecule has 0 spiro atoms. The molecule has 3 aromatic rings. The zero-order valence-corrected chi connectivity index (χ0v) is 15.6. The van der Waals surface area contributed by atoms with E-state index in [-0.39, 0.29) is 17.9 Å². The number of nitrogens with zero attached hydrogens (tertiary/aromatic N) is 4. The molecule has 1 fully saturated rings. The van der Waals surface area contributed by atoms with Crippen molar-refractivity contribution >= 4 is 11.9 Å². The van der Waals surface area contributed by atoms with E-state index in [9.17, 15) is 4.79 Å². The number of anilines is 1. The summed E-state index contributed by atoms with van der Waals surface area (Å²) in [6, 6.07) is 9.22. The van der Waals surface area contributed by atoms with Gasteiger partial charge in [0.1, 0.15) is 11.4 Å². The highest BCUT2D eigenvalue weighted by Crippen LogP contribution is 2.37. The lowest BCUT2D eigenvalue weighted by Crippen LogP contribution is -2.39. The van der Waals surface area contributed by atoms with Crippen LogP contribution in [0.3, 0.4) is 0 Å². The van der Waals surface area contributed by atoms with Crippen molar-refractivity contribution in [3.63, 3.8) is 0 Å². The van der Waals surface area contributed by atoms with E-state index in [2.05, 4.69) is 20.2 Å². The SMILES string of the molecule is COc1cccc(-c2cnc(N)nc2[C@@H]2CCCCN2C(=O)c2ccn[nH]2)c1. The molecule has 0 unspecified atom stereocenters. The van der Waals surface area contributed by atoms with E-state index in [0.717, 1.165) is 41.8 Å². The number of benzene rings is 1. The van der Waals surface area contributed by atoms with Crippen molar-refractivity contribution in [1.82, 2.24) is 25.1 Å². The molecule has 1 aliphatic rings. The minimum Gasteiger partial charge on any atom is -0.497 e. The quantitative estimate of drug-likeness (QED) is 0.722. The topological polar surface area (TPSA) is 110 Å². The van der Waals surface area contributed by atoms with Crippen molar-refractivity contribution in [2.24, 2.45) is 0 Å². The Kier molecular flexibility index (Phi) is 4.92. The fraction of sp³-hybridized carbons (Fsp3) is 0.300. The van der Waals surface area contributed by atoms with Crippen LogP contribution in [0.2, 0.25) is 0 Å². The first-order valence-corrected chi connectivity index (χ1v) is 9.24. The second kappa shape index (κ2) is 7.67. The first-order valence-electron chi connectivity index (χ1n) is 9.24. The number of hydrogen-bond donors (Lipinski definition) is 2. The van der Waals surface area contributed by atoms with E-state index in [1.165, 1.54) is 0 Å². The number of likely N-dealkylation sites (tertiary alicyclic amines) is 1. The first-order chi connectivity index (χ1) is 13.7. The molecule has 8 nitrogen and oxygen atoms in total. The van der Waals surface area contributed by atoms with Gasteiger partial charge in [0.2, 0.25) is 5.95 Å². The van der Waals surface area contributed by atoms with Crippen LogP contribution < -0.4 is 10.5 Å². The Morgan fingerprint density at radius 3 is 3.00 bits per heavy atom. The van der Waals surface area contributed by atoms with E-state index < -0.39 is 0 Å². The van der Waals surface area contributed by atoms with Gasteiger partial charge in [-0.15, -0.1) is 0 Å². The average molecular weight is 378 g/mol. The molecule has 1 aromatic carbocycles. The number of H-pyrrole nitrogens is 1. The third kappa shape index (κ3) is 3.40. The predicted molar refractivity (Wildman–Crippen MR) is 105 cm³/mol. The van der Waals surface area contributed by atoms with Crippen LogP contribution in [0.1, 0.15) is 41.5 Å². The summed E-state index contributed by atoms with van der Waals surface area (Å²) in [5.74, 6) is 0.853. The highest BCUT2D eigenvalue weighted by atomic mass is 16.5. The first kappa shape index (κ1) is 18.0. The summed E-state index contributed by atoms with van der Waals surface area (Å²) in [6.07, 6.45) is 6.08. The van der Waals surface area contributed by atoms with Gasteiger partial charge in [-0.2, -0.15) is 5.10 Å². The van der Waals surface area contributed by atoms with Gasteiger partial charge in [0.05, 0.1) is 18.8 Å². The van der Waals surface area contributed by atoms with Crippen LogP contribution >= 0.6 is 0 Å². The Bertz CT molecular complexity index is 973. The van der Waals surface area contributed by atoms with Gasteiger partial charge in [0.15, 0.2) is 0 Å². The zero-order valence-electron chi connectivity index (χ0n) is 15.6. The Morgan fingerprint density at radius 2 is 2.21 bits per heavy atom. The summed E-state index contributed by atoms with van der Waals surface area (Å²) >= 11 is 0. The van der Waals surface area contributed by atoms with Crippen molar-refractivity contribution in [2.45, 2.75) is 25.3 Å². The molecule has 0 bridgehead atoms. The van der Waals surface area contributed by atoms with Gasteiger partial charge >= 0.3 is 0 Å². The number of piperidine rings is 1. The number of nitrogens with two attached hydrogens (primary N) is 1. The number of aromatic nitrogens is 4. The average Bonchev–Trinajstić information content (AvgIpc) is 3.28. The van der Waals surface area contributed by atoms with E-state index in [4.69, 9.17) is 10.5 Å². The van der Waals surface area contributed by atoms with Crippen LogP contribution in [0.15, 0.2) is 42.7 Å². The number of aromatic amines is 1. The smallest absolute Gasteiger partial charge is 0.272 e. The lowest BCUT2D eigenvalue weighted by atomic mass is 9.93. The minimum atomic E-state index is -0.184. The summed E-state index contributed by atoms with van der Waals surface area (Å²) in [4.78, 5) is 23.6. The second-order valence-electron chi connectivity index (χ2n) is 6.74. The van der Waals surface area contributed by atoms with E-state index in [1.54, 1.807) is 25.6 Å². The van der Waals surface area contributed by atoms with Gasteiger partial charge in [-0.3, -0.25) is 9.89 Å². The third-order valence-electron chi connectivity index (χ3n) is 5.03. The molecule has 3 N–H and O–H groups in total. The van der Waals surface area contributed by atoms with Crippen molar-refractivity contribution in [2.75, 3.05) is 19.4 Å². The number of nitrogen functional groups attached to an aromatic ring is 1. The minimum absolute atomic E-state index is 0.0871. The molecule has 8 heteroatoms. The lowest BCUT2D eigenvalue weighted by Gasteiger charge is -2.36. The van der Waals surface area contributed by atoms with Crippen LogP contribution in [-0.2, 0) is 0 Å². The zero-order chi connectivity index (χ0) is 19.5. The molecule has 1 aliphatic heterocycles. The number of carbonyl (C=O) groups is 1. The highest BCUT2D eigenvalue weighted by Gasteiger charge is 2.32. The summed E-state index contributed by atoms with van der Waals surface area (Å²) in [7, 11) is 1.63. The van der Waals surface area contributed by atoms with Crippen LogP contribution in [-0.4, -0.2) is 44.6 Å². The molecular weight excluding hydrogens is 356 g/mol. The van der Waals surface area contributed by atoms with Crippen molar-refractivity contribution in [3.05, 3.63) is 54.1 Å². The monoisotopic (exact) mass is 378 g/mol. The Balaban J connectivity index is 1.78. The van der Waals surface area contributed by atoms with Crippen LogP contribution in [0.5, 0.6) is 5.75 Å². The van der Waals surface area contributed by atoms with E-state index in [1.807, 2.05) is 29.2 Å². The molecule has 1 atom stereocenters. The molecule has 2 aromatic heterocycles. The predicted octanol–water partition coefficient (Wildman–Crippen LogP) is 2.82. The third-order valence-corrected chi connectivity index (χ3v) is 5.03. The number of rotatable bonds is 4. The maximum Gasteiger partial charge on any atom is 0.272 e. The van der Waals surface area contributed by atoms with Crippen LogP contribution in [0, 0.1) is 0 Å². The van der Waals surface area contributed by atoms with E-state index >= 15 is 0 Å². The second-order valence-corrected chi connectivity index (χ2v) is 6.74. The van der Waals surface area contributed by atoms with Crippen molar-refractivity contribution in [3.8, 4) is 16.9 Å². The largest absolute Gasteiger partial charge is 0.497 e. The number of nitrogens with one attached hydrogen (secondary N) is 1. The Hall–Kier alpha value is -3.42. The fourth-order valence-electron chi connectivity index (χ4n) is 3.66. The summed E-state index contributed by atoms with van der Waals surface area (Å²) in [6.45, 7) is 0.657. The summed E-state index contributed by atoms with van der Waals surface area (Å²) in [5, 5.41) is 6.67. The summed E-state index contributed by atoms with van der Waals surface area (Å²) < 4.78 is 5.35. The molecule has 1 amide bonds. The highest BCUT2D eigenvalue weighted by molar-refractivity contribution is 5.92. The maximum atomic E-state index is 13.0. The maximum absolute atomic E-state index is 13.0. The van der Waals surface area contributed by atoms with Gasteiger partial charge in [-0.25, -0.2) is 9.97 Å². The lowest BCUT2D eigenvalue weighted by molar-refractivity contribution is 0.0600. The van der Waals surface area contributed by atoms with Gasteiger partial charge in [-0.05, 0) is 43.0 Å². The number of methoxy groups -OCH3 is 1. The normalized spacial score (nSPS) is 16.8. The molecule has 144 valence electrons. The van der Waals surface area contributed by atoms with Gasteiger partial charge in [0.25, 0.3) is 5.91 Å². The number of ether oxygens (including phenoxy) is 1. The number of carbonyl (C=O) groups excluding carboxylic acids is 1. The Labute approximate surface area is 162 Å². The molecule has 0 aliphatic carbocycles. The van der Waals surface area contributed by atoms with Gasteiger partial charge in [-0.1, -0.05) is 12.1 Å². The van der Waals surface area contributed by atoms with Crippen LogP contribution in [0.25, 0.3) is 11.1 Å². The number of amides is 1. The number of hydrogen-bond acceptors (Lipinski definition) is 6. The van der Waals surface area contributed by atoms with Crippen molar-refractivity contribution in [1.29, 1.82) is 0 Å². The fourth-order valence-corrected chi connectivity index (χ4v) is 3.66. The Morgan fingerprint density at radius 1 is 1.32 bits per heavy atom. The van der Waals surface area contributed by atoms with Gasteiger partial charge < -0.3 is 15.4 Å². The molecule has 0 radical (unpaired) electrons. The molecule has 3 heterocycles. The standard InChI is InChI=1S/C20H22N6O2/c1-28-14-6-4-5-13(11-14)15-12-22-20(21)24-18(15)17-7-2-3-10-26(17)19(27)16-8-9-23-25-16/h4-6,8-9,11-12,17H,2-3,7,10H2,1H3,(H,23,25)(H2,21,22,24)/t17-/m0/s1. The molecule has 0 saturated carbocycles. The summed E-state index contributed by atoms with van der Waals surface area (Å²) in [5.41, 5.74) is 8.92. The molecule has 1 saturated heterocycles. The molecule has 28 heavy (non-hydrogen) atoms. The van der Waals surface area contributed by atoms with Crippen LogP contribution in [0.4, 0.5) is 5.95 Å². The molecule has 4 rings (SSSR count). The van der Waals surface area contributed by atoms with E-state index in [0.29, 0.717) is 12.2 Å².